The Labute approximate surface area is 179 Å². The number of rotatable bonds is 6. The van der Waals surface area contributed by atoms with E-state index in [-0.39, 0.29) is 12.1 Å². The van der Waals surface area contributed by atoms with E-state index in [0.29, 0.717) is 31.8 Å². The van der Waals surface area contributed by atoms with Gasteiger partial charge in [0.2, 0.25) is 0 Å². The van der Waals surface area contributed by atoms with Crippen LogP contribution in [0.25, 0.3) is 10.2 Å². The van der Waals surface area contributed by atoms with Crippen LogP contribution in [-0.2, 0) is 11.3 Å². The van der Waals surface area contributed by atoms with Gasteiger partial charge in [-0.25, -0.2) is 10.4 Å². The zero-order valence-corrected chi connectivity index (χ0v) is 18.7. The summed E-state index contributed by atoms with van der Waals surface area (Å²) in [7, 11) is 3.08. The fraction of sp³-hybridized carbons (Fsp3) is 0.263. The number of thiophene rings is 1. The van der Waals surface area contributed by atoms with Crippen molar-refractivity contribution in [3.63, 3.8) is 0 Å². The third kappa shape index (κ3) is 4.33. The Hall–Kier alpha value is -2.72. The number of hydrazone groups is 1. The molecular weight excluding hydrogens is 460 g/mol. The fourth-order valence-corrected chi connectivity index (χ4v) is 4.37. The maximum Gasteiger partial charge on any atom is 0.262 e. The third-order valence-corrected chi connectivity index (χ3v) is 6.03. The van der Waals surface area contributed by atoms with Gasteiger partial charge in [0.1, 0.15) is 11.4 Å². The molecule has 0 unspecified atom stereocenters. The number of aromatic nitrogens is 2. The fourth-order valence-electron chi connectivity index (χ4n) is 2.76. The number of hydrogen-bond acceptors (Lipinski definition) is 7. The van der Waals surface area contributed by atoms with E-state index in [4.69, 9.17) is 9.47 Å². The van der Waals surface area contributed by atoms with E-state index in [2.05, 4.69) is 31.4 Å². The first-order valence-corrected chi connectivity index (χ1v) is 10.1. The lowest BCUT2D eigenvalue weighted by atomic mass is 10.2. The Morgan fingerprint density at radius 1 is 1.34 bits per heavy atom. The maximum atomic E-state index is 12.6. The van der Waals surface area contributed by atoms with Crippen molar-refractivity contribution in [3.8, 4) is 11.5 Å². The highest BCUT2D eigenvalue weighted by molar-refractivity contribution is 9.10. The second-order valence-electron chi connectivity index (χ2n) is 6.17. The summed E-state index contributed by atoms with van der Waals surface area (Å²) in [6.07, 6.45) is 2.86. The molecule has 0 radical (unpaired) electrons. The van der Waals surface area contributed by atoms with Crippen LogP contribution in [0.2, 0.25) is 0 Å². The number of nitrogens with zero attached hydrogens (tertiary/aromatic N) is 3. The summed E-state index contributed by atoms with van der Waals surface area (Å²) < 4.78 is 12.5. The van der Waals surface area contributed by atoms with Crippen LogP contribution in [-0.4, -0.2) is 35.9 Å². The van der Waals surface area contributed by atoms with Crippen molar-refractivity contribution >= 4 is 49.6 Å². The van der Waals surface area contributed by atoms with Crippen LogP contribution in [0.3, 0.4) is 0 Å². The highest BCUT2D eigenvalue weighted by Gasteiger charge is 2.14. The SMILES string of the molecule is COc1cc(C=NNC(=O)Cn2cnc3sc(C)c(C)c3c2=O)cc(Br)c1OC. The first-order valence-electron chi connectivity index (χ1n) is 8.54. The van der Waals surface area contributed by atoms with Crippen LogP contribution >= 0.6 is 27.3 Å². The number of methoxy groups -OCH3 is 2. The number of carbonyl (C=O) groups excluding carboxylic acids is 1. The van der Waals surface area contributed by atoms with Gasteiger partial charge >= 0.3 is 0 Å². The molecule has 0 aliphatic carbocycles. The molecule has 0 spiro atoms. The Morgan fingerprint density at radius 3 is 2.79 bits per heavy atom. The average Bonchev–Trinajstić information content (AvgIpc) is 2.98. The molecular formula is C19H19BrN4O4S. The zero-order chi connectivity index (χ0) is 21.1. The number of fused-ring (bicyclic) bond motifs is 1. The van der Waals surface area contributed by atoms with Crippen molar-refractivity contribution in [2.75, 3.05) is 14.2 Å². The number of amides is 1. The highest BCUT2D eigenvalue weighted by atomic mass is 79.9. The predicted octanol–water partition coefficient (Wildman–Crippen LogP) is 3.00. The van der Waals surface area contributed by atoms with Crippen molar-refractivity contribution in [3.05, 3.63) is 49.3 Å². The molecule has 0 aliphatic rings. The number of hydrogen-bond donors (Lipinski definition) is 1. The minimum Gasteiger partial charge on any atom is -0.493 e. The molecule has 0 fully saturated rings. The zero-order valence-electron chi connectivity index (χ0n) is 16.3. The molecule has 2 heterocycles. The highest BCUT2D eigenvalue weighted by Crippen LogP contribution is 2.35. The summed E-state index contributed by atoms with van der Waals surface area (Å²) in [6, 6.07) is 3.50. The molecule has 1 aromatic carbocycles. The molecule has 1 N–H and O–H groups in total. The lowest BCUT2D eigenvalue weighted by Crippen LogP contribution is -2.30. The van der Waals surface area contributed by atoms with Crippen LogP contribution in [0.15, 0.2) is 32.8 Å². The van der Waals surface area contributed by atoms with Crippen molar-refractivity contribution in [2.45, 2.75) is 20.4 Å². The molecule has 8 nitrogen and oxygen atoms in total. The smallest absolute Gasteiger partial charge is 0.262 e. The van der Waals surface area contributed by atoms with Gasteiger partial charge in [0.15, 0.2) is 11.5 Å². The number of benzene rings is 1. The van der Waals surface area contributed by atoms with E-state index in [1.807, 2.05) is 13.8 Å². The molecule has 152 valence electrons. The molecule has 0 bridgehead atoms. The molecule has 1 amide bonds. The van der Waals surface area contributed by atoms with Gasteiger partial charge in [-0.15, -0.1) is 11.3 Å². The van der Waals surface area contributed by atoms with Gasteiger partial charge in [-0.2, -0.15) is 5.10 Å². The summed E-state index contributed by atoms with van der Waals surface area (Å²) in [5.41, 5.74) is 3.77. The first kappa shape index (κ1) is 21.0. The largest absolute Gasteiger partial charge is 0.493 e. The van der Waals surface area contributed by atoms with E-state index >= 15 is 0 Å². The number of carbonyl (C=O) groups is 1. The molecule has 10 heteroatoms. The van der Waals surface area contributed by atoms with Gasteiger partial charge in [0.25, 0.3) is 11.5 Å². The van der Waals surface area contributed by atoms with Crippen molar-refractivity contribution in [1.29, 1.82) is 0 Å². The molecule has 0 aliphatic heterocycles. The Kier molecular flexibility index (Phi) is 6.33. The Bertz CT molecular complexity index is 1170. The topological polar surface area (TPSA) is 94.8 Å². The van der Waals surface area contributed by atoms with Gasteiger partial charge in [0.05, 0.1) is 36.6 Å². The van der Waals surface area contributed by atoms with Crippen LogP contribution in [0, 0.1) is 13.8 Å². The van der Waals surface area contributed by atoms with Gasteiger partial charge in [-0.3, -0.25) is 14.2 Å². The second-order valence-corrected chi connectivity index (χ2v) is 8.23. The molecule has 0 saturated carbocycles. The summed E-state index contributed by atoms with van der Waals surface area (Å²) in [5, 5.41) is 4.50. The molecule has 3 aromatic rings. The molecule has 2 aromatic heterocycles. The van der Waals surface area contributed by atoms with Crippen LogP contribution in [0.1, 0.15) is 16.0 Å². The van der Waals surface area contributed by atoms with Crippen molar-refractivity contribution < 1.29 is 14.3 Å². The lowest BCUT2D eigenvalue weighted by molar-refractivity contribution is -0.121. The molecule has 0 atom stereocenters. The van der Waals surface area contributed by atoms with Crippen molar-refractivity contribution in [1.82, 2.24) is 15.0 Å². The predicted molar refractivity (Wildman–Crippen MR) is 116 cm³/mol. The number of ether oxygens (including phenoxy) is 2. The van der Waals surface area contributed by atoms with Gasteiger partial charge < -0.3 is 9.47 Å². The van der Waals surface area contributed by atoms with Crippen LogP contribution in [0.5, 0.6) is 11.5 Å². The summed E-state index contributed by atoms with van der Waals surface area (Å²) in [5.74, 6) is 0.658. The van der Waals surface area contributed by atoms with Gasteiger partial charge in [-0.05, 0) is 53.0 Å². The summed E-state index contributed by atoms with van der Waals surface area (Å²) in [6.45, 7) is 3.65. The van der Waals surface area contributed by atoms with E-state index in [9.17, 15) is 9.59 Å². The van der Waals surface area contributed by atoms with Crippen LogP contribution < -0.4 is 20.5 Å². The average molecular weight is 479 g/mol. The Morgan fingerprint density at radius 2 is 2.10 bits per heavy atom. The third-order valence-electron chi connectivity index (χ3n) is 4.33. The van der Waals surface area contributed by atoms with Crippen molar-refractivity contribution in [2.24, 2.45) is 5.10 Å². The second kappa shape index (κ2) is 8.75. The van der Waals surface area contributed by atoms with E-state index in [0.717, 1.165) is 10.4 Å². The van der Waals surface area contributed by atoms with E-state index in [1.54, 1.807) is 19.2 Å². The minimum atomic E-state index is -0.436. The van der Waals surface area contributed by atoms with E-state index in [1.165, 1.54) is 35.6 Å². The molecule has 3 rings (SSSR count). The first-order chi connectivity index (χ1) is 13.8. The molecule has 29 heavy (non-hydrogen) atoms. The number of aryl methyl sites for hydroxylation is 2. The summed E-state index contributed by atoms with van der Waals surface area (Å²) in [4.78, 5) is 30.9. The maximum absolute atomic E-state index is 12.6. The quantitative estimate of drug-likeness (QED) is 0.433. The minimum absolute atomic E-state index is 0.178. The normalized spacial score (nSPS) is 11.2. The standard InChI is InChI=1S/C19H19BrN4O4S/c1-10-11(2)29-18-16(10)19(26)24(9-21-18)8-15(25)23-22-7-12-5-13(20)17(28-4)14(6-12)27-3/h5-7,9H,8H2,1-4H3,(H,23,25). The Balaban J connectivity index is 1.73. The van der Waals surface area contributed by atoms with E-state index < -0.39 is 5.91 Å². The van der Waals surface area contributed by atoms with Gasteiger partial charge in [0, 0.05) is 4.88 Å². The lowest BCUT2D eigenvalue weighted by Gasteiger charge is -2.10. The summed E-state index contributed by atoms with van der Waals surface area (Å²) >= 11 is 4.87. The molecule has 0 saturated heterocycles. The van der Waals surface area contributed by atoms with Crippen LogP contribution in [0.4, 0.5) is 0 Å². The van der Waals surface area contributed by atoms with Gasteiger partial charge in [-0.1, -0.05) is 0 Å². The number of halogens is 1. The monoisotopic (exact) mass is 478 g/mol. The number of nitrogens with one attached hydrogen (secondary N) is 1.